The molecule has 0 aliphatic rings. The number of pyridine rings is 1. The molecular formula is C13H17N3O2S. The van der Waals surface area contributed by atoms with Crippen LogP contribution < -0.4 is 10.0 Å². The van der Waals surface area contributed by atoms with Gasteiger partial charge in [0.15, 0.2) is 6.20 Å². The Morgan fingerprint density at radius 1 is 1.63 bits per heavy atom. The molecule has 0 saturated heterocycles. The van der Waals surface area contributed by atoms with Crippen molar-refractivity contribution in [2.75, 3.05) is 5.75 Å². The van der Waals surface area contributed by atoms with E-state index >= 15 is 0 Å². The highest BCUT2D eigenvalue weighted by molar-refractivity contribution is 7.99. The number of nitrogens with one attached hydrogen (secondary N) is 1. The maximum atomic E-state index is 11.8. The third-order valence-electron chi connectivity index (χ3n) is 2.93. The molecule has 0 fully saturated rings. The van der Waals surface area contributed by atoms with Gasteiger partial charge in [-0.15, -0.1) is 0 Å². The van der Waals surface area contributed by atoms with E-state index in [1.807, 2.05) is 13.8 Å². The van der Waals surface area contributed by atoms with Crippen LogP contribution in [0, 0.1) is 22.5 Å². The number of thioether (sulfide) groups is 1. The maximum absolute atomic E-state index is 11.8. The van der Waals surface area contributed by atoms with Gasteiger partial charge in [0.2, 0.25) is 5.91 Å². The van der Waals surface area contributed by atoms with Gasteiger partial charge in [-0.2, -0.15) is 9.99 Å². The molecule has 6 heteroatoms. The summed E-state index contributed by atoms with van der Waals surface area (Å²) in [7, 11) is 0. The van der Waals surface area contributed by atoms with Crippen LogP contribution in [0.2, 0.25) is 0 Å². The molecule has 1 aromatic heterocycles. The second kappa shape index (κ2) is 6.43. The topological polar surface area (TPSA) is 79.8 Å². The van der Waals surface area contributed by atoms with E-state index < -0.39 is 5.54 Å². The summed E-state index contributed by atoms with van der Waals surface area (Å²) < 4.78 is 0.712. The molecule has 0 spiro atoms. The summed E-state index contributed by atoms with van der Waals surface area (Å²) in [6.07, 6.45) is 1.38. The molecule has 19 heavy (non-hydrogen) atoms. The van der Waals surface area contributed by atoms with Gasteiger partial charge in [-0.25, -0.2) is 0 Å². The van der Waals surface area contributed by atoms with Crippen LogP contribution >= 0.6 is 11.8 Å². The van der Waals surface area contributed by atoms with Crippen LogP contribution in [0.25, 0.3) is 0 Å². The largest absolute Gasteiger partial charge is 0.618 e. The zero-order valence-corrected chi connectivity index (χ0v) is 12.0. The lowest BCUT2D eigenvalue weighted by Crippen LogP contribution is -2.49. The van der Waals surface area contributed by atoms with Crippen LogP contribution in [-0.4, -0.2) is 17.2 Å². The van der Waals surface area contributed by atoms with E-state index in [0.29, 0.717) is 9.76 Å². The minimum atomic E-state index is -0.887. The average Bonchev–Trinajstić information content (AvgIpc) is 2.37. The number of carbonyl (C=O) groups excluding carboxylic acids is 1. The van der Waals surface area contributed by atoms with Crippen LogP contribution in [0.1, 0.15) is 20.8 Å². The molecule has 1 heterocycles. The van der Waals surface area contributed by atoms with Crippen LogP contribution in [0.4, 0.5) is 0 Å². The highest BCUT2D eigenvalue weighted by atomic mass is 32.2. The lowest BCUT2D eigenvalue weighted by molar-refractivity contribution is -0.645. The summed E-state index contributed by atoms with van der Waals surface area (Å²) in [5, 5.41) is 23.7. The molecule has 1 N–H and O–H groups in total. The zero-order valence-electron chi connectivity index (χ0n) is 11.2. The lowest BCUT2D eigenvalue weighted by Gasteiger charge is -2.27. The van der Waals surface area contributed by atoms with Crippen molar-refractivity contribution in [3.8, 4) is 6.07 Å². The lowest BCUT2D eigenvalue weighted by atomic mass is 9.90. The molecule has 1 unspecified atom stereocenters. The van der Waals surface area contributed by atoms with Crippen molar-refractivity contribution in [2.45, 2.75) is 31.3 Å². The van der Waals surface area contributed by atoms with Crippen molar-refractivity contribution in [3.05, 3.63) is 29.6 Å². The van der Waals surface area contributed by atoms with Gasteiger partial charge in [0.1, 0.15) is 5.54 Å². The van der Waals surface area contributed by atoms with E-state index in [4.69, 9.17) is 5.26 Å². The molecule has 5 nitrogen and oxygen atoms in total. The number of amides is 1. The summed E-state index contributed by atoms with van der Waals surface area (Å²) in [5.41, 5.74) is -0.887. The number of aromatic nitrogens is 1. The molecule has 0 bridgehead atoms. The number of carbonyl (C=O) groups is 1. The number of nitriles is 1. The summed E-state index contributed by atoms with van der Waals surface area (Å²) >= 11 is 1.15. The van der Waals surface area contributed by atoms with Crippen LogP contribution in [-0.2, 0) is 4.79 Å². The monoisotopic (exact) mass is 279 g/mol. The van der Waals surface area contributed by atoms with Crippen molar-refractivity contribution < 1.29 is 9.52 Å². The van der Waals surface area contributed by atoms with E-state index in [1.54, 1.807) is 25.1 Å². The minimum Gasteiger partial charge on any atom is -0.618 e. The first-order chi connectivity index (χ1) is 8.89. The van der Waals surface area contributed by atoms with Gasteiger partial charge in [-0.3, -0.25) is 4.79 Å². The van der Waals surface area contributed by atoms with Gasteiger partial charge in [0.05, 0.1) is 11.8 Å². The van der Waals surface area contributed by atoms with Gasteiger partial charge < -0.3 is 10.5 Å². The molecule has 1 aromatic rings. The quantitative estimate of drug-likeness (QED) is 0.503. The molecule has 0 radical (unpaired) electrons. The second-order valence-electron chi connectivity index (χ2n) is 4.67. The Kier molecular flexibility index (Phi) is 5.19. The molecule has 0 aliphatic heterocycles. The van der Waals surface area contributed by atoms with Gasteiger partial charge in [-0.05, 0) is 30.7 Å². The van der Waals surface area contributed by atoms with Crippen LogP contribution in [0.5, 0.6) is 0 Å². The van der Waals surface area contributed by atoms with Crippen molar-refractivity contribution in [1.29, 1.82) is 5.26 Å². The Morgan fingerprint density at radius 3 is 2.84 bits per heavy atom. The molecule has 0 saturated carbocycles. The third-order valence-corrected chi connectivity index (χ3v) is 3.94. The summed E-state index contributed by atoms with van der Waals surface area (Å²) in [4.78, 5) is 11.8. The molecule has 102 valence electrons. The summed E-state index contributed by atoms with van der Waals surface area (Å²) in [6, 6.07) is 7.13. The SMILES string of the molecule is CC(C)C(C)(C#N)NC(=O)CSc1cccc[n+]1[O-]. The molecule has 0 aliphatic carbocycles. The van der Waals surface area contributed by atoms with Crippen LogP contribution in [0.3, 0.4) is 0 Å². The predicted octanol–water partition coefficient (Wildman–Crippen LogP) is 1.47. The van der Waals surface area contributed by atoms with E-state index in [1.165, 1.54) is 6.20 Å². The van der Waals surface area contributed by atoms with Crippen molar-refractivity contribution in [1.82, 2.24) is 5.32 Å². The fraction of sp³-hybridized carbons (Fsp3) is 0.462. The fourth-order valence-corrected chi connectivity index (χ4v) is 2.01. The number of nitrogens with zero attached hydrogens (tertiary/aromatic N) is 2. The Labute approximate surface area is 117 Å². The summed E-state index contributed by atoms with van der Waals surface area (Å²) in [5.74, 6) is -0.143. The smallest absolute Gasteiger partial charge is 0.251 e. The highest BCUT2D eigenvalue weighted by Crippen LogP contribution is 2.17. The first-order valence-corrected chi connectivity index (χ1v) is 6.91. The third kappa shape index (κ3) is 4.14. The Balaban J connectivity index is 2.58. The molecular weight excluding hydrogens is 262 g/mol. The van der Waals surface area contributed by atoms with E-state index in [0.717, 1.165) is 11.8 Å². The molecule has 1 atom stereocenters. The maximum Gasteiger partial charge on any atom is 0.251 e. The highest BCUT2D eigenvalue weighted by Gasteiger charge is 2.30. The molecule has 1 amide bonds. The number of hydrogen-bond acceptors (Lipinski definition) is 4. The van der Waals surface area contributed by atoms with Crippen molar-refractivity contribution in [2.24, 2.45) is 5.92 Å². The average molecular weight is 279 g/mol. The fourth-order valence-electron chi connectivity index (χ4n) is 1.29. The van der Waals surface area contributed by atoms with Gasteiger partial charge in [-0.1, -0.05) is 13.8 Å². The van der Waals surface area contributed by atoms with E-state index in [-0.39, 0.29) is 17.6 Å². The zero-order chi connectivity index (χ0) is 14.5. The Bertz CT molecular complexity index is 499. The van der Waals surface area contributed by atoms with Gasteiger partial charge in [0.25, 0.3) is 5.03 Å². The normalized spacial score (nSPS) is 13.6. The van der Waals surface area contributed by atoms with E-state index in [9.17, 15) is 10.0 Å². The van der Waals surface area contributed by atoms with Gasteiger partial charge >= 0.3 is 0 Å². The first kappa shape index (κ1) is 15.3. The van der Waals surface area contributed by atoms with Crippen molar-refractivity contribution in [3.63, 3.8) is 0 Å². The predicted molar refractivity (Wildman–Crippen MR) is 73.1 cm³/mol. The second-order valence-corrected chi connectivity index (χ2v) is 5.67. The molecule has 1 rings (SSSR count). The first-order valence-electron chi connectivity index (χ1n) is 5.92. The Morgan fingerprint density at radius 2 is 2.32 bits per heavy atom. The Hall–Kier alpha value is -1.74. The molecule has 0 aromatic carbocycles. The van der Waals surface area contributed by atoms with E-state index in [2.05, 4.69) is 11.4 Å². The number of hydrogen-bond donors (Lipinski definition) is 1. The van der Waals surface area contributed by atoms with Gasteiger partial charge in [0, 0.05) is 12.1 Å². The standard InChI is InChI=1S/C13H17N3O2S/c1-10(2)13(3,9-14)15-11(17)8-19-12-6-4-5-7-16(12)18/h4-7,10H,8H2,1-3H3,(H,15,17). The minimum absolute atomic E-state index is 0.00706. The van der Waals surface area contributed by atoms with Crippen molar-refractivity contribution >= 4 is 17.7 Å². The summed E-state index contributed by atoms with van der Waals surface area (Å²) in [6.45, 7) is 5.44. The van der Waals surface area contributed by atoms with Crippen LogP contribution in [0.15, 0.2) is 29.4 Å². The number of rotatable bonds is 5.